The van der Waals surface area contributed by atoms with Crippen molar-refractivity contribution >= 4 is 33.0 Å². The predicted octanol–water partition coefficient (Wildman–Crippen LogP) is 3.55. The molecule has 0 radical (unpaired) electrons. The summed E-state index contributed by atoms with van der Waals surface area (Å²) in [4.78, 5) is 15.1. The maximum absolute atomic E-state index is 10.8. The third-order valence-electron chi connectivity index (χ3n) is 2.42. The minimum absolute atomic E-state index is 0.158. The molecule has 5 nitrogen and oxygen atoms in total. The lowest BCUT2D eigenvalue weighted by molar-refractivity contribution is 0.0697. The minimum Gasteiger partial charge on any atom is -0.478 e. The van der Waals surface area contributed by atoms with Gasteiger partial charge in [0.1, 0.15) is 5.52 Å². The molecule has 0 amide bonds. The van der Waals surface area contributed by atoms with Gasteiger partial charge in [-0.05, 0) is 46.3 Å². The molecular weight excluding hydrogens is 302 g/mol. The maximum Gasteiger partial charge on any atom is 0.335 e. The van der Waals surface area contributed by atoms with Gasteiger partial charge >= 0.3 is 5.97 Å². The number of halogens is 1. The number of benzene rings is 1. The van der Waals surface area contributed by atoms with Gasteiger partial charge in [-0.1, -0.05) is 0 Å². The Balaban J connectivity index is 2.13. The molecule has 0 bridgehead atoms. The fourth-order valence-electron chi connectivity index (χ4n) is 1.59. The molecule has 0 saturated heterocycles. The Morgan fingerprint density at radius 3 is 2.72 bits per heavy atom. The summed E-state index contributed by atoms with van der Waals surface area (Å²) in [6.07, 6.45) is 0. The fourth-order valence-corrected chi connectivity index (χ4v) is 1.90. The molecule has 1 aromatic carbocycles. The van der Waals surface area contributed by atoms with E-state index in [1.165, 1.54) is 12.1 Å². The fraction of sp³-hybridized carbons (Fsp3) is 0. The number of furan rings is 1. The predicted molar refractivity (Wildman–Crippen MR) is 66.4 cm³/mol. The Bertz CT molecular complexity index is 743. The average Bonchev–Trinajstić information content (AvgIpc) is 2.93. The molecule has 2 aromatic heterocycles. The van der Waals surface area contributed by atoms with Gasteiger partial charge in [-0.3, -0.25) is 0 Å². The number of hydrogen-bond acceptors (Lipinski definition) is 4. The van der Waals surface area contributed by atoms with Gasteiger partial charge in [-0.2, -0.15) is 0 Å². The standard InChI is InChI=1S/C12H6BrNO4/c13-10-4-3-8(17-10)11-14-7-2-1-6(12(15)16)5-9(7)18-11/h1-5H,(H,15,16). The first-order chi connectivity index (χ1) is 8.63. The smallest absolute Gasteiger partial charge is 0.335 e. The van der Waals surface area contributed by atoms with Crippen LogP contribution in [0.25, 0.3) is 22.8 Å². The van der Waals surface area contributed by atoms with E-state index in [-0.39, 0.29) is 5.56 Å². The van der Waals surface area contributed by atoms with Crippen LogP contribution in [-0.4, -0.2) is 16.1 Å². The van der Waals surface area contributed by atoms with Crippen LogP contribution < -0.4 is 0 Å². The number of rotatable bonds is 2. The van der Waals surface area contributed by atoms with Gasteiger partial charge in [-0.15, -0.1) is 0 Å². The van der Waals surface area contributed by atoms with Gasteiger partial charge < -0.3 is 13.9 Å². The van der Waals surface area contributed by atoms with Crippen molar-refractivity contribution < 1.29 is 18.7 Å². The molecule has 3 aromatic rings. The van der Waals surface area contributed by atoms with Crippen molar-refractivity contribution in [2.24, 2.45) is 0 Å². The normalized spacial score (nSPS) is 10.9. The van der Waals surface area contributed by atoms with Crippen molar-refractivity contribution in [3.8, 4) is 11.7 Å². The molecule has 90 valence electrons. The van der Waals surface area contributed by atoms with Crippen molar-refractivity contribution in [1.29, 1.82) is 0 Å². The van der Waals surface area contributed by atoms with E-state index in [0.717, 1.165) is 0 Å². The Morgan fingerprint density at radius 1 is 1.22 bits per heavy atom. The molecule has 18 heavy (non-hydrogen) atoms. The monoisotopic (exact) mass is 307 g/mol. The first-order valence-corrected chi connectivity index (χ1v) is 5.82. The molecule has 0 atom stereocenters. The van der Waals surface area contributed by atoms with Gasteiger partial charge in [0.05, 0.1) is 5.56 Å². The van der Waals surface area contributed by atoms with E-state index >= 15 is 0 Å². The second-order valence-corrected chi connectivity index (χ2v) is 4.39. The zero-order valence-electron chi connectivity index (χ0n) is 8.88. The number of oxazole rings is 1. The summed E-state index contributed by atoms with van der Waals surface area (Å²) < 4.78 is 11.4. The topological polar surface area (TPSA) is 76.5 Å². The number of carbonyl (C=O) groups is 1. The van der Waals surface area contributed by atoms with Crippen molar-refractivity contribution in [3.63, 3.8) is 0 Å². The second-order valence-electron chi connectivity index (χ2n) is 3.61. The summed E-state index contributed by atoms with van der Waals surface area (Å²) >= 11 is 3.19. The van der Waals surface area contributed by atoms with Crippen molar-refractivity contribution in [2.75, 3.05) is 0 Å². The largest absolute Gasteiger partial charge is 0.478 e. The van der Waals surface area contributed by atoms with E-state index in [1.54, 1.807) is 18.2 Å². The van der Waals surface area contributed by atoms with Crippen LogP contribution in [0.1, 0.15) is 10.4 Å². The lowest BCUT2D eigenvalue weighted by Gasteiger charge is -1.91. The van der Waals surface area contributed by atoms with Gasteiger partial charge in [0, 0.05) is 0 Å². The van der Waals surface area contributed by atoms with Gasteiger partial charge in [0.2, 0.25) is 0 Å². The van der Waals surface area contributed by atoms with Crippen LogP contribution in [0, 0.1) is 0 Å². The van der Waals surface area contributed by atoms with E-state index < -0.39 is 5.97 Å². The number of carboxylic acids is 1. The molecule has 0 aliphatic rings. The summed E-state index contributed by atoms with van der Waals surface area (Å²) in [6, 6.07) is 7.96. The Morgan fingerprint density at radius 2 is 2.06 bits per heavy atom. The molecule has 0 aliphatic heterocycles. The van der Waals surface area contributed by atoms with E-state index in [2.05, 4.69) is 20.9 Å². The van der Waals surface area contributed by atoms with E-state index in [1.807, 2.05) is 0 Å². The van der Waals surface area contributed by atoms with Gasteiger partial charge in [-0.25, -0.2) is 9.78 Å². The molecule has 0 aliphatic carbocycles. The molecular formula is C12H6BrNO4. The van der Waals surface area contributed by atoms with Crippen LogP contribution in [0.3, 0.4) is 0 Å². The lowest BCUT2D eigenvalue weighted by atomic mass is 10.2. The van der Waals surface area contributed by atoms with Crippen LogP contribution in [0.15, 0.2) is 43.8 Å². The average molecular weight is 308 g/mol. The zero-order chi connectivity index (χ0) is 12.7. The lowest BCUT2D eigenvalue weighted by Crippen LogP contribution is -1.94. The molecule has 0 spiro atoms. The van der Waals surface area contributed by atoms with Gasteiger partial charge in [0.25, 0.3) is 5.89 Å². The summed E-state index contributed by atoms with van der Waals surface area (Å²) in [7, 11) is 0. The number of fused-ring (bicyclic) bond motifs is 1. The first-order valence-electron chi connectivity index (χ1n) is 5.03. The van der Waals surface area contributed by atoms with Crippen molar-refractivity contribution in [3.05, 3.63) is 40.6 Å². The number of nitrogens with zero attached hydrogens (tertiary/aromatic N) is 1. The van der Waals surface area contributed by atoms with Crippen LogP contribution >= 0.6 is 15.9 Å². The molecule has 6 heteroatoms. The highest BCUT2D eigenvalue weighted by atomic mass is 79.9. The highest BCUT2D eigenvalue weighted by molar-refractivity contribution is 9.10. The quantitative estimate of drug-likeness (QED) is 0.783. The Labute approximate surface area is 109 Å². The van der Waals surface area contributed by atoms with Crippen LogP contribution in [0.5, 0.6) is 0 Å². The summed E-state index contributed by atoms with van der Waals surface area (Å²) in [5.41, 5.74) is 1.16. The van der Waals surface area contributed by atoms with Crippen molar-refractivity contribution in [1.82, 2.24) is 4.98 Å². The molecule has 0 fully saturated rings. The SMILES string of the molecule is O=C(O)c1ccc2nc(-c3ccc(Br)o3)oc2c1. The van der Waals surface area contributed by atoms with Crippen LogP contribution in [-0.2, 0) is 0 Å². The van der Waals surface area contributed by atoms with E-state index in [4.69, 9.17) is 13.9 Å². The van der Waals surface area contributed by atoms with Gasteiger partial charge in [0.15, 0.2) is 16.0 Å². The summed E-state index contributed by atoms with van der Waals surface area (Å²) in [5.74, 6) is -0.205. The highest BCUT2D eigenvalue weighted by Gasteiger charge is 2.13. The number of aromatic carboxylic acids is 1. The molecule has 3 rings (SSSR count). The van der Waals surface area contributed by atoms with E-state index in [0.29, 0.717) is 27.4 Å². The number of hydrogen-bond donors (Lipinski definition) is 1. The number of aromatic nitrogens is 1. The van der Waals surface area contributed by atoms with Crippen LogP contribution in [0.2, 0.25) is 0 Å². The molecule has 0 saturated carbocycles. The maximum atomic E-state index is 10.8. The molecule has 0 unspecified atom stereocenters. The Kier molecular flexibility index (Phi) is 2.45. The van der Waals surface area contributed by atoms with E-state index in [9.17, 15) is 4.79 Å². The summed E-state index contributed by atoms with van der Waals surface area (Å²) in [6.45, 7) is 0. The third-order valence-corrected chi connectivity index (χ3v) is 2.85. The van der Waals surface area contributed by atoms with Crippen LogP contribution in [0.4, 0.5) is 0 Å². The summed E-state index contributed by atoms with van der Waals surface area (Å²) in [5, 5.41) is 8.88. The Hall–Kier alpha value is -2.08. The molecule has 2 heterocycles. The van der Waals surface area contributed by atoms with Crippen molar-refractivity contribution in [2.45, 2.75) is 0 Å². The zero-order valence-corrected chi connectivity index (χ0v) is 10.5. The first kappa shape index (κ1) is 11.0. The second kappa shape index (κ2) is 3.99. The minimum atomic E-state index is -1.00. The third kappa shape index (κ3) is 1.80. The number of carboxylic acid groups (broad SMARTS) is 1. The molecule has 1 N–H and O–H groups in total. The highest BCUT2D eigenvalue weighted by Crippen LogP contribution is 2.28.